The molecule has 1 N–H and O–H groups in total. The molecule has 0 unspecified atom stereocenters. The highest BCUT2D eigenvalue weighted by molar-refractivity contribution is 5.94. The third kappa shape index (κ3) is 6.39. The number of aromatic nitrogens is 4. The zero-order valence-corrected chi connectivity index (χ0v) is 20.8. The second-order valence-corrected chi connectivity index (χ2v) is 8.98. The lowest BCUT2D eigenvalue weighted by Crippen LogP contribution is -2.49. The van der Waals surface area contributed by atoms with Gasteiger partial charge < -0.3 is 24.4 Å². The maximum atomic E-state index is 13.2. The number of aliphatic carboxylic acids is 1. The van der Waals surface area contributed by atoms with Crippen LogP contribution in [0.3, 0.4) is 0 Å². The topological polar surface area (TPSA) is 108 Å². The van der Waals surface area contributed by atoms with E-state index in [0.29, 0.717) is 18.8 Å². The van der Waals surface area contributed by atoms with Crippen LogP contribution in [-0.4, -0.2) is 86.8 Å². The molecular formula is C25H28F3N7O3. The third-order valence-electron chi connectivity index (χ3n) is 6.42. The maximum Gasteiger partial charge on any atom is 0.490 e. The minimum atomic E-state index is -5.08. The summed E-state index contributed by atoms with van der Waals surface area (Å²) in [6.07, 6.45) is 6.63. The Hall–Kier alpha value is -4.16. The van der Waals surface area contributed by atoms with Crippen LogP contribution in [0.5, 0.6) is 0 Å². The molecule has 2 aliphatic heterocycles. The SMILES string of the molecule is Cn1cc(-c2cnc(N3CCCC3)nc2)cc1C(=O)N1CCN(c2ccncc2)CC1.O=C(O)C(F)(F)F. The first-order valence-electron chi connectivity index (χ1n) is 12.1. The van der Waals surface area contributed by atoms with Crippen molar-refractivity contribution in [1.29, 1.82) is 0 Å². The molecule has 3 aromatic rings. The van der Waals surface area contributed by atoms with Gasteiger partial charge in [0.2, 0.25) is 5.95 Å². The molecule has 1 amide bonds. The average molecular weight is 532 g/mol. The number of carbonyl (C=O) groups is 2. The van der Waals surface area contributed by atoms with Gasteiger partial charge in [-0.25, -0.2) is 14.8 Å². The quantitative estimate of drug-likeness (QED) is 0.548. The number of carboxylic acids is 1. The van der Waals surface area contributed by atoms with E-state index in [-0.39, 0.29) is 5.91 Å². The van der Waals surface area contributed by atoms with E-state index in [4.69, 9.17) is 9.90 Å². The predicted octanol–water partition coefficient (Wildman–Crippen LogP) is 3.07. The van der Waals surface area contributed by atoms with E-state index >= 15 is 0 Å². The van der Waals surface area contributed by atoms with Crippen molar-refractivity contribution in [2.75, 3.05) is 49.1 Å². The van der Waals surface area contributed by atoms with E-state index in [2.05, 4.69) is 24.8 Å². The first kappa shape index (κ1) is 26.9. The van der Waals surface area contributed by atoms with Crippen LogP contribution < -0.4 is 9.80 Å². The van der Waals surface area contributed by atoms with Crippen molar-refractivity contribution >= 4 is 23.5 Å². The van der Waals surface area contributed by atoms with Gasteiger partial charge in [0.1, 0.15) is 5.69 Å². The Morgan fingerprint density at radius 1 is 0.895 bits per heavy atom. The van der Waals surface area contributed by atoms with E-state index in [0.717, 1.165) is 48.9 Å². The van der Waals surface area contributed by atoms with E-state index in [9.17, 15) is 18.0 Å². The monoisotopic (exact) mass is 531 g/mol. The van der Waals surface area contributed by atoms with Gasteiger partial charge in [-0.15, -0.1) is 0 Å². The molecule has 5 heterocycles. The van der Waals surface area contributed by atoms with Crippen LogP contribution in [0, 0.1) is 0 Å². The molecule has 0 radical (unpaired) electrons. The number of carboxylic acid groups (broad SMARTS) is 1. The Kier molecular flexibility index (Phi) is 8.13. The minimum absolute atomic E-state index is 0.0673. The fourth-order valence-electron chi connectivity index (χ4n) is 4.37. The summed E-state index contributed by atoms with van der Waals surface area (Å²) in [5.41, 5.74) is 3.74. The Morgan fingerprint density at radius 3 is 2.03 bits per heavy atom. The normalized spacial score (nSPS) is 15.7. The smallest absolute Gasteiger partial charge is 0.475 e. The molecule has 0 bridgehead atoms. The standard InChI is InChI=1S/C23H27N7O.C2HF3O2/c1-27-17-18(19-15-25-23(26-16-19)30-8-2-3-9-30)14-21(27)22(31)29-12-10-28(11-13-29)20-4-6-24-7-5-20;3-2(4,5)1(6)7/h4-7,14-17H,2-3,8-13H2,1H3;(H,6,7). The molecule has 0 spiro atoms. The molecule has 13 heteroatoms. The molecule has 0 aliphatic carbocycles. The van der Waals surface area contributed by atoms with Crippen molar-refractivity contribution in [1.82, 2.24) is 24.4 Å². The highest BCUT2D eigenvalue weighted by atomic mass is 19.4. The minimum Gasteiger partial charge on any atom is -0.475 e. The van der Waals surface area contributed by atoms with Gasteiger partial charge in [-0.1, -0.05) is 0 Å². The lowest BCUT2D eigenvalue weighted by atomic mass is 10.2. The van der Waals surface area contributed by atoms with Crippen molar-refractivity contribution in [2.24, 2.45) is 7.05 Å². The molecule has 3 aromatic heterocycles. The van der Waals surface area contributed by atoms with Crippen LogP contribution >= 0.6 is 0 Å². The van der Waals surface area contributed by atoms with Crippen LogP contribution in [0.15, 0.2) is 49.2 Å². The fraction of sp³-hybridized carbons (Fsp3) is 0.400. The number of hydrogen-bond acceptors (Lipinski definition) is 7. The highest BCUT2D eigenvalue weighted by Crippen LogP contribution is 2.24. The van der Waals surface area contributed by atoms with Crippen LogP contribution in [0.25, 0.3) is 11.1 Å². The number of carbonyl (C=O) groups excluding carboxylic acids is 1. The number of aryl methyl sites for hydroxylation is 1. The van der Waals surface area contributed by atoms with E-state index in [1.165, 1.54) is 12.8 Å². The molecule has 0 atom stereocenters. The molecule has 5 rings (SSSR count). The first-order chi connectivity index (χ1) is 18.1. The van der Waals surface area contributed by atoms with Crippen LogP contribution in [0.4, 0.5) is 24.8 Å². The van der Waals surface area contributed by atoms with Crippen LogP contribution in [-0.2, 0) is 11.8 Å². The number of rotatable bonds is 4. The number of nitrogens with zero attached hydrogens (tertiary/aromatic N) is 7. The van der Waals surface area contributed by atoms with Gasteiger partial charge >= 0.3 is 12.1 Å². The van der Waals surface area contributed by atoms with Gasteiger partial charge in [-0.2, -0.15) is 13.2 Å². The molecule has 0 saturated carbocycles. The molecule has 38 heavy (non-hydrogen) atoms. The van der Waals surface area contributed by atoms with Gasteiger partial charge in [-0.3, -0.25) is 9.78 Å². The molecule has 2 fully saturated rings. The van der Waals surface area contributed by atoms with Crippen molar-refractivity contribution in [2.45, 2.75) is 19.0 Å². The molecule has 2 saturated heterocycles. The number of piperazine rings is 1. The number of pyridine rings is 1. The molecule has 0 aromatic carbocycles. The van der Waals surface area contributed by atoms with E-state index in [1.54, 1.807) is 12.4 Å². The summed E-state index contributed by atoms with van der Waals surface area (Å²) in [6, 6.07) is 5.97. The summed E-state index contributed by atoms with van der Waals surface area (Å²) in [5, 5.41) is 7.12. The fourth-order valence-corrected chi connectivity index (χ4v) is 4.37. The first-order valence-corrected chi connectivity index (χ1v) is 12.1. The Balaban J connectivity index is 0.000000426. The van der Waals surface area contributed by atoms with Crippen LogP contribution in [0.1, 0.15) is 23.3 Å². The van der Waals surface area contributed by atoms with Crippen molar-refractivity contribution in [3.8, 4) is 11.1 Å². The summed E-state index contributed by atoms with van der Waals surface area (Å²) >= 11 is 0. The average Bonchev–Trinajstić information content (AvgIpc) is 3.59. The second kappa shape index (κ2) is 11.5. The zero-order valence-electron chi connectivity index (χ0n) is 20.8. The summed E-state index contributed by atoms with van der Waals surface area (Å²) in [5.74, 6) is -1.90. The van der Waals surface area contributed by atoms with E-state index < -0.39 is 12.1 Å². The van der Waals surface area contributed by atoms with Gasteiger partial charge in [0.15, 0.2) is 0 Å². The number of amides is 1. The van der Waals surface area contributed by atoms with Gasteiger partial charge in [0.25, 0.3) is 5.91 Å². The molecule has 202 valence electrons. The summed E-state index contributed by atoms with van der Waals surface area (Å²) in [7, 11) is 1.92. The van der Waals surface area contributed by atoms with Gasteiger partial charge in [0.05, 0.1) is 0 Å². The summed E-state index contributed by atoms with van der Waals surface area (Å²) in [4.78, 5) is 41.7. The lowest BCUT2D eigenvalue weighted by Gasteiger charge is -2.36. The number of anilines is 2. The number of hydrogen-bond donors (Lipinski definition) is 1. The Labute approximate surface area is 217 Å². The Bertz CT molecular complexity index is 1240. The highest BCUT2D eigenvalue weighted by Gasteiger charge is 2.38. The molecule has 10 nitrogen and oxygen atoms in total. The zero-order chi connectivity index (χ0) is 27.3. The van der Waals surface area contributed by atoms with Gasteiger partial charge in [0, 0.05) is 94.1 Å². The second-order valence-electron chi connectivity index (χ2n) is 8.98. The van der Waals surface area contributed by atoms with Gasteiger partial charge in [-0.05, 0) is 31.0 Å². The van der Waals surface area contributed by atoms with Crippen molar-refractivity contribution in [3.05, 3.63) is 54.9 Å². The Morgan fingerprint density at radius 2 is 1.47 bits per heavy atom. The van der Waals surface area contributed by atoms with Crippen molar-refractivity contribution in [3.63, 3.8) is 0 Å². The number of alkyl halides is 3. The van der Waals surface area contributed by atoms with Crippen molar-refractivity contribution < 1.29 is 27.9 Å². The number of halogens is 3. The predicted molar refractivity (Wildman–Crippen MR) is 134 cm³/mol. The largest absolute Gasteiger partial charge is 0.490 e. The molecule has 2 aliphatic rings. The lowest BCUT2D eigenvalue weighted by molar-refractivity contribution is -0.192. The maximum absolute atomic E-state index is 13.2. The third-order valence-corrected chi connectivity index (χ3v) is 6.42. The summed E-state index contributed by atoms with van der Waals surface area (Å²) < 4.78 is 33.6. The summed E-state index contributed by atoms with van der Waals surface area (Å²) in [6.45, 7) is 5.10. The van der Waals surface area contributed by atoms with Crippen LogP contribution in [0.2, 0.25) is 0 Å². The molecular weight excluding hydrogens is 503 g/mol. The van der Waals surface area contributed by atoms with E-state index in [1.807, 2.05) is 53.3 Å².